The lowest BCUT2D eigenvalue weighted by Crippen LogP contribution is -2.48. The molecule has 0 aromatic carbocycles. The summed E-state index contributed by atoms with van der Waals surface area (Å²) < 4.78 is 0. The summed E-state index contributed by atoms with van der Waals surface area (Å²) in [4.78, 5) is 14.9. The molecule has 2 N–H and O–H groups in total. The summed E-state index contributed by atoms with van der Waals surface area (Å²) in [5, 5.41) is 7.01. The van der Waals surface area contributed by atoms with E-state index in [0.29, 0.717) is 23.3 Å². The number of carbonyl (C=O) groups is 1. The maximum atomic E-state index is 12.8. The minimum absolute atomic E-state index is 0.214. The van der Waals surface area contributed by atoms with Crippen molar-refractivity contribution >= 4 is 5.91 Å². The first kappa shape index (κ1) is 14.3. The molecule has 0 aliphatic carbocycles. The van der Waals surface area contributed by atoms with Crippen molar-refractivity contribution < 1.29 is 4.79 Å². The van der Waals surface area contributed by atoms with Crippen LogP contribution in [0.3, 0.4) is 0 Å². The molecule has 4 heteroatoms. The molecular formula is C16H29N3O. The molecule has 0 bridgehead atoms. The molecule has 0 aromatic rings. The van der Waals surface area contributed by atoms with Crippen LogP contribution in [0.15, 0.2) is 0 Å². The van der Waals surface area contributed by atoms with Crippen molar-refractivity contribution in [3.05, 3.63) is 0 Å². The Morgan fingerprint density at radius 2 is 1.95 bits per heavy atom. The third-order valence-corrected chi connectivity index (χ3v) is 5.77. The minimum atomic E-state index is 0.214. The normalized spacial score (nSPS) is 33.2. The van der Waals surface area contributed by atoms with Gasteiger partial charge in [0.25, 0.3) is 0 Å². The highest BCUT2D eigenvalue weighted by Gasteiger charge is 2.41. The van der Waals surface area contributed by atoms with Gasteiger partial charge in [0.05, 0.1) is 5.92 Å². The lowest BCUT2D eigenvalue weighted by Gasteiger charge is -2.40. The summed E-state index contributed by atoms with van der Waals surface area (Å²) in [7, 11) is 0. The zero-order valence-corrected chi connectivity index (χ0v) is 13.0. The van der Waals surface area contributed by atoms with Gasteiger partial charge in [0.15, 0.2) is 0 Å². The molecule has 2 unspecified atom stereocenters. The quantitative estimate of drug-likeness (QED) is 0.799. The van der Waals surface area contributed by atoms with Gasteiger partial charge in [-0.2, -0.15) is 0 Å². The average Bonchev–Trinajstić information content (AvgIpc) is 3.08. The van der Waals surface area contributed by atoms with Crippen LogP contribution >= 0.6 is 0 Å². The van der Waals surface area contributed by atoms with Crippen molar-refractivity contribution in [2.24, 2.45) is 17.3 Å². The number of hydrogen-bond donors (Lipinski definition) is 2. The van der Waals surface area contributed by atoms with E-state index in [9.17, 15) is 4.79 Å². The first-order valence-electron chi connectivity index (χ1n) is 8.34. The number of likely N-dealkylation sites (tertiary alicyclic amines) is 1. The second-order valence-corrected chi connectivity index (χ2v) is 7.37. The maximum absolute atomic E-state index is 12.8. The third kappa shape index (κ3) is 2.60. The minimum Gasteiger partial charge on any atom is -0.342 e. The molecule has 1 amide bonds. The van der Waals surface area contributed by atoms with Crippen LogP contribution in [0.2, 0.25) is 0 Å². The van der Waals surface area contributed by atoms with Gasteiger partial charge < -0.3 is 15.5 Å². The Labute approximate surface area is 122 Å². The smallest absolute Gasteiger partial charge is 0.227 e. The molecular weight excluding hydrogens is 250 g/mol. The summed E-state index contributed by atoms with van der Waals surface area (Å²) in [6, 6.07) is 0.381. The first-order valence-corrected chi connectivity index (χ1v) is 8.34. The predicted molar refractivity (Wildman–Crippen MR) is 80.5 cm³/mol. The van der Waals surface area contributed by atoms with Crippen molar-refractivity contribution in [1.82, 2.24) is 15.5 Å². The van der Waals surface area contributed by atoms with Crippen LogP contribution < -0.4 is 10.6 Å². The van der Waals surface area contributed by atoms with Crippen LogP contribution in [0.1, 0.15) is 39.5 Å². The van der Waals surface area contributed by atoms with Crippen LogP contribution in [0.5, 0.6) is 0 Å². The Hall–Kier alpha value is -0.610. The summed E-state index contributed by atoms with van der Waals surface area (Å²) >= 11 is 0. The highest BCUT2D eigenvalue weighted by Crippen LogP contribution is 2.37. The zero-order chi connectivity index (χ0) is 14.2. The van der Waals surface area contributed by atoms with E-state index in [1.807, 2.05) is 0 Å². The number of nitrogens with zero attached hydrogens (tertiary/aromatic N) is 1. The van der Waals surface area contributed by atoms with Crippen molar-refractivity contribution in [3.8, 4) is 0 Å². The molecule has 114 valence electrons. The fourth-order valence-electron chi connectivity index (χ4n) is 4.36. The lowest BCUT2D eigenvalue weighted by molar-refractivity contribution is -0.138. The summed E-state index contributed by atoms with van der Waals surface area (Å²) in [6.45, 7) is 9.71. The average molecular weight is 279 g/mol. The molecule has 0 radical (unpaired) electrons. The van der Waals surface area contributed by atoms with Gasteiger partial charge in [0.1, 0.15) is 0 Å². The molecule has 20 heavy (non-hydrogen) atoms. The fourth-order valence-corrected chi connectivity index (χ4v) is 4.36. The molecule has 3 rings (SSSR count). The van der Waals surface area contributed by atoms with Crippen LogP contribution in [0, 0.1) is 17.3 Å². The molecule has 2 atom stereocenters. The Morgan fingerprint density at radius 1 is 1.20 bits per heavy atom. The molecule has 3 aliphatic heterocycles. The van der Waals surface area contributed by atoms with Crippen molar-refractivity contribution in [1.29, 1.82) is 0 Å². The standard InChI is InChI=1S/C16H29N3O/c1-12(2)14-13(3-7-18-14)15(20)19-9-5-16(6-10-19)4-8-17-11-16/h12-14,17-18H,3-11H2,1-2H3. The van der Waals surface area contributed by atoms with Crippen LogP contribution in [0.4, 0.5) is 0 Å². The topological polar surface area (TPSA) is 44.4 Å². The van der Waals surface area contributed by atoms with E-state index in [-0.39, 0.29) is 5.92 Å². The molecule has 4 nitrogen and oxygen atoms in total. The molecule has 3 heterocycles. The van der Waals surface area contributed by atoms with Gasteiger partial charge in [0.2, 0.25) is 5.91 Å². The monoisotopic (exact) mass is 279 g/mol. The van der Waals surface area contributed by atoms with Gasteiger partial charge in [-0.3, -0.25) is 4.79 Å². The van der Waals surface area contributed by atoms with E-state index < -0.39 is 0 Å². The van der Waals surface area contributed by atoms with Gasteiger partial charge in [-0.1, -0.05) is 13.8 Å². The molecule has 3 saturated heterocycles. The predicted octanol–water partition coefficient (Wildman–Crippen LogP) is 1.22. The van der Waals surface area contributed by atoms with Crippen LogP contribution in [0.25, 0.3) is 0 Å². The van der Waals surface area contributed by atoms with Gasteiger partial charge in [-0.25, -0.2) is 0 Å². The number of amides is 1. The van der Waals surface area contributed by atoms with Crippen molar-refractivity contribution in [2.75, 3.05) is 32.7 Å². The zero-order valence-electron chi connectivity index (χ0n) is 13.0. The largest absolute Gasteiger partial charge is 0.342 e. The second-order valence-electron chi connectivity index (χ2n) is 7.37. The SMILES string of the molecule is CC(C)C1NCCC1C(=O)N1CCC2(CCNC2)CC1. The van der Waals surface area contributed by atoms with E-state index in [2.05, 4.69) is 29.4 Å². The van der Waals surface area contributed by atoms with Gasteiger partial charge in [0, 0.05) is 25.7 Å². The summed E-state index contributed by atoms with van der Waals surface area (Å²) in [6.07, 6.45) is 4.70. The summed E-state index contributed by atoms with van der Waals surface area (Å²) in [5.41, 5.74) is 0.502. The molecule has 3 aliphatic rings. The van der Waals surface area contributed by atoms with Crippen LogP contribution in [-0.4, -0.2) is 49.6 Å². The van der Waals surface area contributed by atoms with E-state index in [1.165, 1.54) is 19.3 Å². The van der Waals surface area contributed by atoms with Gasteiger partial charge >= 0.3 is 0 Å². The van der Waals surface area contributed by atoms with E-state index in [0.717, 1.165) is 39.1 Å². The maximum Gasteiger partial charge on any atom is 0.227 e. The van der Waals surface area contributed by atoms with Crippen molar-refractivity contribution in [3.63, 3.8) is 0 Å². The number of piperidine rings is 1. The number of rotatable bonds is 2. The third-order valence-electron chi connectivity index (χ3n) is 5.77. The highest BCUT2D eigenvalue weighted by atomic mass is 16.2. The number of hydrogen-bond acceptors (Lipinski definition) is 3. The second kappa shape index (κ2) is 5.64. The van der Waals surface area contributed by atoms with Crippen molar-refractivity contribution in [2.45, 2.75) is 45.6 Å². The summed E-state index contributed by atoms with van der Waals surface area (Å²) in [5.74, 6) is 1.17. The lowest BCUT2D eigenvalue weighted by atomic mass is 9.77. The van der Waals surface area contributed by atoms with E-state index >= 15 is 0 Å². The molecule has 1 spiro atoms. The van der Waals surface area contributed by atoms with Gasteiger partial charge in [-0.05, 0) is 50.1 Å². The van der Waals surface area contributed by atoms with Crippen LogP contribution in [-0.2, 0) is 4.79 Å². The van der Waals surface area contributed by atoms with E-state index in [4.69, 9.17) is 0 Å². The Morgan fingerprint density at radius 3 is 2.55 bits per heavy atom. The first-order chi connectivity index (χ1) is 9.61. The Bertz CT molecular complexity index is 353. The number of carbonyl (C=O) groups excluding carboxylic acids is 1. The Balaban J connectivity index is 1.58. The molecule has 3 fully saturated rings. The molecule has 0 saturated carbocycles. The fraction of sp³-hybridized carbons (Fsp3) is 0.938. The highest BCUT2D eigenvalue weighted by molar-refractivity contribution is 5.80. The van der Waals surface area contributed by atoms with E-state index in [1.54, 1.807) is 0 Å². The number of nitrogens with one attached hydrogen (secondary N) is 2. The molecule has 0 aromatic heterocycles. The van der Waals surface area contributed by atoms with Gasteiger partial charge in [-0.15, -0.1) is 0 Å². The Kier molecular flexibility index (Phi) is 4.04.